The number of fused-ring (bicyclic) bond motifs is 7. The Morgan fingerprint density at radius 2 is 1.19 bits per heavy atom. The van der Waals surface area contributed by atoms with Gasteiger partial charge in [-0.25, -0.2) is 14.4 Å². The van der Waals surface area contributed by atoms with E-state index in [0.29, 0.717) is 68.2 Å². The Bertz CT molecular complexity index is 3000. The van der Waals surface area contributed by atoms with Crippen molar-refractivity contribution in [2.24, 2.45) is 11.8 Å². The van der Waals surface area contributed by atoms with Gasteiger partial charge < -0.3 is 18.0 Å². The summed E-state index contributed by atoms with van der Waals surface area (Å²) >= 11 is 0. The lowest BCUT2D eigenvalue weighted by Gasteiger charge is -2.10. The molecule has 13 heteroatoms. The summed E-state index contributed by atoms with van der Waals surface area (Å²) in [7, 11) is 0. The third kappa shape index (κ3) is 6.06. The Morgan fingerprint density at radius 3 is 1.74 bits per heavy atom. The van der Waals surface area contributed by atoms with Gasteiger partial charge in [-0.2, -0.15) is 19.6 Å². The third-order valence-electron chi connectivity index (χ3n) is 9.20. The Kier molecular flexibility index (Phi) is 8.56. The summed E-state index contributed by atoms with van der Waals surface area (Å²) < 4.78 is 24.9. The monoisotopic (exact) mass is 726 g/mol. The number of para-hydroxylation sites is 2. The fraction of sp³-hybridized carbons (Fsp3) is 0.244. The van der Waals surface area contributed by atoms with Gasteiger partial charge in [-0.1, -0.05) is 52.0 Å². The van der Waals surface area contributed by atoms with E-state index in [2.05, 4.69) is 10.2 Å². The van der Waals surface area contributed by atoms with Gasteiger partial charge in [-0.05, 0) is 66.6 Å². The summed E-state index contributed by atoms with van der Waals surface area (Å²) in [4.78, 5) is 66.7. The van der Waals surface area contributed by atoms with Gasteiger partial charge in [0.2, 0.25) is 0 Å². The van der Waals surface area contributed by atoms with Gasteiger partial charge in [-0.3, -0.25) is 9.59 Å². The minimum Gasteiger partial charge on any atom is -0.484 e. The molecule has 0 atom stereocenters. The topological polar surface area (TPSA) is 170 Å². The molecule has 0 unspecified atom stereocenters. The molecular weight excluding hydrogens is 692 g/mol. The molecule has 0 saturated heterocycles. The summed E-state index contributed by atoms with van der Waals surface area (Å²) in [5.74, 6) is -0.469. The smallest absolute Gasteiger partial charge is 0.347 e. The Labute approximate surface area is 305 Å². The molecule has 8 aromatic rings. The summed E-state index contributed by atoms with van der Waals surface area (Å²) in [6.45, 7) is 7.51. The molecule has 0 aliphatic rings. The highest BCUT2D eigenvalue weighted by atomic mass is 16.5. The van der Waals surface area contributed by atoms with Crippen LogP contribution < -0.4 is 21.6 Å². The molecule has 0 aliphatic heterocycles. The Morgan fingerprint density at radius 1 is 0.648 bits per heavy atom. The number of benzene rings is 3. The SMILES string of the molecule is CC(C)Cc1nn(C(=O)COc2ccc3c(CC(=O)n4nc(CC(C)C)c5c(=O)oc6ccccc6c54)cc(=O)oc3c2)c2c1c(=O)oc1ccccc12. The van der Waals surface area contributed by atoms with Crippen molar-refractivity contribution in [2.45, 2.75) is 47.0 Å². The molecule has 3 aromatic carbocycles. The van der Waals surface area contributed by atoms with Crippen LogP contribution >= 0.6 is 0 Å². The second kappa shape index (κ2) is 13.4. The first-order chi connectivity index (χ1) is 26.0. The van der Waals surface area contributed by atoms with Crippen LogP contribution in [0.2, 0.25) is 0 Å². The van der Waals surface area contributed by atoms with E-state index in [9.17, 15) is 24.0 Å². The lowest BCUT2D eigenvalue weighted by atomic mass is 10.0. The molecular formula is C41H34N4O9. The first-order valence-corrected chi connectivity index (χ1v) is 17.6. The van der Waals surface area contributed by atoms with Crippen molar-refractivity contribution in [1.29, 1.82) is 0 Å². The maximum atomic E-state index is 14.0. The number of hydrogen-bond donors (Lipinski definition) is 0. The quantitative estimate of drug-likeness (QED) is 0.145. The number of hydrogen-bond acceptors (Lipinski definition) is 11. The average Bonchev–Trinajstić information content (AvgIpc) is 3.70. The molecule has 0 spiro atoms. The molecule has 5 aromatic heterocycles. The highest BCUT2D eigenvalue weighted by Crippen LogP contribution is 2.29. The molecule has 0 bridgehead atoms. The number of rotatable bonds is 9. The molecule has 13 nitrogen and oxygen atoms in total. The van der Waals surface area contributed by atoms with E-state index in [1.165, 1.54) is 21.5 Å². The third-order valence-corrected chi connectivity index (χ3v) is 9.20. The zero-order valence-electron chi connectivity index (χ0n) is 29.9. The number of carbonyl (C=O) groups excluding carboxylic acids is 2. The van der Waals surface area contributed by atoms with Crippen LogP contribution in [0.4, 0.5) is 0 Å². The van der Waals surface area contributed by atoms with E-state index in [0.717, 1.165) is 0 Å². The predicted molar refractivity (Wildman–Crippen MR) is 202 cm³/mol. The Balaban J connectivity index is 1.11. The first-order valence-electron chi connectivity index (χ1n) is 17.6. The molecule has 5 heterocycles. The predicted octanol–water partition coefficient (Wildman–Crippen LogP) is 6.70. The normalized spacial score (nSPS) is 12.0. The van der Waals surface area contributed by atoms with Crippen molar-refractivity contribution < 1.29 is 27.6 Å². The lowest BCUT2D eigenvalue weighted by Crippen LogP contribution is -2.21. The van der Waals surface area contributed by atoms with Crippen LogP contribution in [-0.4, -0.2) is 38.0 Å². The molecule has 0 aliphatic carbocycles. The van der Waals surface area contributed by atoms with Crippen molar-refractivity contribution in [2.75, 3.05) is 6.61 Å². The molecule has 0 saturated carbocycles. The lowest BCUT2D eigenvalue weighted by molar-refractivity contribution is 0.0826. The fourth-order valence-corrected chi connectivity index (χ4v) is 6.97. The van der Waals surface area contributed by atoms with E-state index < -0.39 is 35.3 Å². The van der Waals surface area contributed by atoms with E-state index in [4.69, 9.17) is 18.0 Å². The van der Waals surface area contributed by atoms with Crippen molar-refractivity contribution in [1.82, 2.24) is 19.6 Å². The minimum atomic E-state index is -0.693. The number of carbonyl (C=O) groups is 2. The maximum Gasteiger partial charge on any atom is 0.347 e. The van der Waals surface area contributed by atoms with Crippen molar-refractivity contribution >= 4 is 66.5 Å². The molecule has 0 radical (unpaired) electrons. The molecule has 0 N–H and O–H groups in total. The van der Waals surface area contributed by atoms with Crippen LogP contribution in [0.5, 0.6) is 5.75 Å². The number of aromatic nitrogens is 4. The number of ether oxygens (including phenoxy) is 1. The van der Waals surface area contributed by atoms with Gasteiger partial charge in [0.25, 0.3) is 11.8 Å². The highest BCUT2D eigenvalue weighted by molar-refractivity contribution is 6.08. The molecule has 0 fully saturated rings. The maximum absolute atomic E-state index is 14.0. The fourth-order valence-electron chi connectivity index (χ4n) is 6.97. The van der Waals surface area contributed by atoms with Crippen LogP contribution in [0.1, 0.15) is 54.2 Å². The van der Waals surface area contributed by atoms with E-state index >= 15 is 0 Å². The van der Waals surface area contributed by atoms with Crippen LogP contribution in [-0.2, 0) is 19.3 Å². The zero-order chi connectivity index (χ0) is 37.8. The van der Waals surface area contributed by atoms with Crippen LogP contribution in [0.25, 0.3) is 54.7 Å². The van der Waals surface area contributed by atoms with Crippen molar-refractivity contribution in [3.63, 3.8) is 0 Å². The van der Waals surface area contributed by atoms with Gasteiger partial charge in [0.15, 0.2) is 6.61 Å². The first kappa shape index (κ1) is 34.5. The highest BCUT2D eigenvalue weighted by Gasteiger charge is 2.25. The van der Waals surface area contributed by atoms with Crippen molar-refractivity contribution in [3.05, 3.63) is 121 Å². The summed E-state index contributed by atoms with van der Waals surface area (Å²) in [6, 6.07) is 19.8. The summed E-state index contributed by atoms with van der Waals surface area (Å²) in [5, 5.41) is 11.2. The second-order valence-corrected chi connectivity index (χ2v) is 14.1. The molecule has 0 amide bonds. The average molecular weight is 727 g/mol. The van der Waals surface area contributed by atoms with E-state index in [1.807, 2.05) is 27.7 Å². The molecule has 272 valence electrons. The van der Waals surface area contributed by atoms with Crippen LogP contribution in [0, 0.1) is 11.8 Å². The standard InChI is InChI=1S/C41H34N4O9/c1-21(2)15-28-36-38(26-9-5-7-11-30(26)53-40(36)49)44(42-28)33(46)17-23-18-35(48)52-32-19-24(13-14-25(23)32)51-20-34(47)45-39-27-10-6-8-12-31(27)54-41(50)37(39)29(43-45)16-22(3)4/h5-14,18-19,21-22H,15-17,20H2,1-4H3. The Hall–Kier alpha value is -6.63. The van der Waals surface area contributed by atoms with Crippen LogP contribution in [0.15, 0.2) is 100 Å². The van der Waals surface area contributed by atoms with Gasteiger partial charge in [0, 0.05) is 28.3 Å². The zero-order valence-corrected chi connectivity index (χ0v) is 29.9. The largest absolute Gasteiger partial charge is 0.484 e. The van der Waals surface area contributed by atoms with Crippen LogP contribution in [0.3, 0.4) is 0 Å². The summed E-state index contributed by atoms with van der Waals surface area (Å²) in [6.07, 6.45) is 0.669. The molecule has 54 heavy (non-hydrogen) atoms. The summed E-state index contributed by atoms with van der Waals surface area (Å²) in [5.41, 5.74) is 0.937. The minimum absolute atomic E-state index is 0.138. The second-order valence-electron chi connectivity index (χ2n) is 14.1. The number of nitrogens with zero attached hydrogens (tertiary/aromatic N) is 4. The van der Waals surface area contributed by atoms with E-state index in [1.54, 1.807) is 60.7 Å². The van der Waals surface area contributed by atoms with Gasteiger partial charge in [-0.15, -0.1) is 0 Å². The van der Waals surface area contributed by atoms with E-state index in [-0.39, 0.29) is 40.4 Å². The van der Waals surface area contributed by atoms with Crippen molar-refractivity contribution in [3.8, 4) is 5.75 Å². The van der Waals surface area contributed by atoms with Gasteiger partial charge in [0.1, 0.15) is 33.3 Å². The van der Waals surface area contributed by atoms with Gasteiger partial charge >= 0.3 is 16.9 Å². The molecule has 8 rings (SSSR count). The van der Waals surface area contributed by atoms with Gasteiger partial charge in [0.05, 0.1) is 28.8 Å².